The first kappa shape index (κ1) is 26.1. The lowest BCUT2D eigenvalue weighted by Gasteiger charge is -2.07. The third kappa shape index (κ3) is 7.40. The number of carboxylic acid groups (broad SMARTS) is 3. The van der Waals surface area contributed by atoms with Crippen LogP contribution >= 0.6 is 0 Å². The van der Waals surface area contributed by atoms with Gasteiger partial charge in [0.2, 0.25) is 0 Å². The van der Waals surface area contributed by atoms with E-state index in [1.165, 1.54) is 0 Å². The third-order valence-electron chi connectivity index (χ3n) is 4.91. The van der Waals surface area contributed by atoms with Crippen molar-refractivity contribution in [3.63, 3.8) is 0 Å². The van der Waals surface area contributed by atoms with Gasteiger partial charge in [-0.05, 0) is 74.6 Å². The van der Waals surface area contributed by atoms with Gasteiger partial charge < -0.3 is 15.3 Å². The van der Waals surface area contributed by atoms with E-state index >= 15 is 0 Å². The summed E-state index contributed by atoms with van der Waals surface area (Å²) in [7, 11) is 0. The molecule has 0 aliphatic carbocycles. The lowest BCUT2D eigenvalue weighted by Crippen LogP contribution is -2.03. The summed E-state index contributed by atoms with van der Waals surface area (Å²) in [5.74, 6) is -2.56. The minimum Gasteiger partial charge on any atom is -0.478 e. The molecule has 0 spiro atoms. The zero-order chi connectivity index (χ0) is 24.4. The number of carboxylic acids is 3. The molecule has 0 atom stereocenters. The summed E-state index contributed by atoms with van der Waals surface area (Å²) in [5, 5.41) is 26.0. The van der Waals surface area contributed by atoms with Gasteiger partial charge in [-0.2, -0.15) is 0 Å². The van der Waals surface area contributed by atoms with Gasteiger partial charge in [0.1, 0.15) is 0 Å². The maximum absolute atomic E-state index is 10.8. The van der Waals surface area contributed by atoms with Crippen LogP contribution in [0.3, 0.4) is 0 Å². The van der Waals surface area contributed by atoms with Crippen LogP contribution in [0.25, 0.3) is 0 Å². The van der Waals surface area contributed by atoms with Gasteiger partial charge in [-0.1, -0.05) is 48.5 Å². The van der Waals surface area contributed by atoms with Crippen molar-refractivity contribution in [1.29, 1.82) is 0 Å². The number of aryl methyl sites for hydroxylation is 4. The Morgan fingerprint density at radius 2 is 0.875 bits per heavy atom. The highest BCUT2D eigenvalue weighted by molar-refractivity contribution is 5.91. The maximum Gasteiger partial charge on any atom is 0.336 e. The van der Waals surface area contributed by atoms with Crippen LogP contribution in [0.4, 0.5) is 0 Å². The van der Waals surface area contributed by atoms with E-state index in [0.29, 0.717) is 16.7 Å². The van der Waals surface area contributed by atoms with Gasteiger partial charge in [-0.3, -0.25) is 0 Å². The van der Waals surface area contributed by atoms with Gasteiger partial charge in [-0.15, -0.1) is 0 Å². The monoisotopic (exact) mass is 436 g/mol. The lowest BCUT2D eigenvalue weighted by molar-refractivity contribution is 0.0684. The second-order valence-electron chi connectivity index (χ2n) is 7.24. The molecular formula is C26H28O6. The number of hydrogen-bond donors (Lipinski definition) is 3. The quantitative estimate of drug-likeness (QED) is 0.486. The van der Waals surface area contributed by atoms with E-state index in [4.69, 9.17) is 15.3 Å². The fourth-order valence-corrected chi connectivity index (χ4v) is 2.91. The molecular weight excluding hydrogens is 408 g/mol. The van der Waals surface area contributed by atoms with Crippen LogP contribution in [-0.4, -0.2) is 33.2 Å². The van der Waals surface area contributed by atoms with Crippen LogP contribution in [0.1, 0.15) is 58.9 Å². The molecule has 0 bridgehead atoms. The fraction of sp³-hybridized carbons (Fsp3) is 0.192. The largest absolute Gasteiger partial charge is 0.478 e. The van der Waals surface area contributed by atoms with E-state index in [0.717, 1.165) is 27.8 Å². The van der Waals surface area contributed by atoms with Crippen LogP contribution < -0.4 is 0 Å². The zero-order valence-corrected chi connectivity index (χ0v) is 18.8. The van der Waals surface area contributed by atoms with Crippen molar-refractivity contribution in [3.8, 4) is 0 Å². The molecule has 0 radical (unpaired) electrons. The minimum atomic E-state index is -0.863. The van der Waals surface area contributed by atoms with Gasteiger partial charge in [0, 0.05) is 0 Å². The molecule has 0 unspecified atom stereocenters. The average Bonchev–Trinajstić information content (AvgIpc) is 2.72. The Labute approximate surface area is 187 Å². The van der Waals surface area contributed by atoms with Gasteiger partial charge >= 0.3 is 17.9 Å². The number of benzene rings is 3. The van der Waals surface area contributed by atoms with Crippen molar-refractivity contribution in [2.75, 3.05) is 0 Å². The third-order valence-corrected chi connectivity index (χ3v) is 4.91. The summed E-state index contributed by atoms with van der Waals surface area (Å²) < 4.78 is 0. The highest BCUT2D eigenvalue weighted by Crippen LogP contribution is 2.17. The number of aromatic carboxylic acids is 3. The van der Waals surface area contributed by atoms with E-state index in [1.807, 2.05) is 45.0 Å². The summed E-state index contributed by atoms with van der Waals surface area (Å²) >= 11 is 0. The molecule has 3 N–H and O–H groups in total. The first-order chi connectivity index (χ1) is 15.0. The second-order valence-corrected chi connectivity index (χ2v) is 7.24. The van der Waals surface area contributed by atoms with Crippen LogP contribution in [0, 0.1) is 34.6 Å². The summed E-state index contributed by atoms with van der Waals surface area (Å²) in [6, 6.07) is 17.6. The Morgan fingerprint density at radius 1 is 0.500 bits per heavy atom. The fourth-order valence-electron chi connectivity index (χ4n) is 2.91. The molecule has 3 aromatic carbocycles. The Kier molecular flexibility index (Phi) is 9.83. The summed E-state index contributed by atoms with van der Waals surface area (Å²) in [6.07, 6.45) is 0. The number of hydrogen-bond acceptors (Lipinski definition) is 3. The highest BCUT2D eigenvalue weighted by atomic mass is 16.4. The van der Waals surface area contributed by atoms with Crippen molar-refractivity contribution in [1.82, 2.24) is 0 Å². The standard InChI is InChI=1S/C10H12O2.2C8H8O2/c1-6-4-5-7(2)9(8(6)3)10(11)12;2*1-6-4-2-3-5-7(6)8(9)10/h4-5H,1-3H3,(H,11,12);2*2-5H,1H3,(H,9,10). The SMILES string of the molecule is Cc1ccc(C)c(C(=O)O)c1C.Cc1ccccc1C(=O)O.Cc1ccccc1C(=O)O. The Morgan fingerprint density at radius 3 is 1.16 bits per heavy atom. The number of rotatable bonds is 3. The second kappa shape index (κ2) is 12.1. The van der Waals surface area contributed by atoms with E-state index in [-0.39, 0.29) is 0 Å². The van der Waals surface area contributed by atoms with Crippen LogP contribution in [0.5, 0.6) is 0 Å². The molecule has 0 aliphatic rings. The molecule has 0 amide bonds. The minimum absolute atomic E-state index is 0.377. The topological polar surface area (TPSA) is 112 Å². The molecule has 0 aromatic heterocycles. The first-order valence-corrected chi connectivity index (χ1v) is 9.85. The average molecular weight is 437 g/mol. The molecule has 6 nitrogen and oxygen atoms in total. The van der Waals surface area contributed by atoms with Crippen LogP contribution in [0.2, 0.25) is 0 Å². The van der Waals surface area contributed by atoms with E-state index < -0.39 is 17.9 Å². The summed E-state index contributed by atoms with van der Waals surface area (Å²) in [4.78, 5) is 31.6. The predicted molar refractivity (Wildman–Crippen MR) is 124 cm³/mol. The molecule has 168 valence electrons. The van der Waals surface area contributed by atoms with Crippen molar-refractivity contribution in [3.05, 3.63) is 105 Å². The number of carbonyl (C=O) groups is 3. The lowest BCUT2D eigenvalue weighted by atomic mass is 9.99. The molecule has 3 rings (SSSR count). The zero-order valence-electron chi connectivity index (χ0n) is 18.8. The highest BCUT2D eigenvalue weighted by Gasteiger charge is 2.11. The van der Waals surface area contributed by atoms with Crippen LogP contribution in [0.15, 0.2) is 60.7 Å². The smallest absolute Gasteiger partial charge is 0.336 e. The molecule has 0 heterocycles. The predicted octanol–water partition coefficient (Wildman–Crippen LogP) is 5.70. The molecule has 0 aliphatic heterocycles. The molecule has 0 saturated carbocycles. The molecule has 32 heavy (non-hydrogen) atoms. The van der Waals surface area contributed by atoms with Gasteiger partial charge in [0.15, 0.2) is 0 Å². The molecule has 3 aromatic rings. The van der Waals surface area contributed by atoms with E-state index in [2.05, 4.69) is 0 Å². The van der Waals surface area contributed by atoms with Crippen molar-refractivity contribution in [2.45, 2.75) is 34.6 Å². The maximum atomic E-state index is 10.8. The summed E-state index contributed by atoms with van der Waals surface area (Å²) in [5.41, 5.74) is 5.51. The Bertz CT molecular complexity index is 1060. The molecule has 6 heteroatoms. The van der Waals surface area contributed by atoms with Crippen molar-refractivity contribution >= 4 is 17.9 Å². The van der Waals surface area contributed by atoms with Crippen molar-refractivity contribution in [2.24, 2.45) is 0 Å². The van der Waals surface area contributed by atoms with E-state index in [9.17, 15) is 14.4 Å². The summed E-state index contributed by atoms with van der Waals surface area (Å²) in [6.45, 7) is 9.13. The Balaban J connectivity index is 0.000000241. The van der Waals surface area contributed by atoms with Gasteiger partial charge in [0.25, 0.3) is 0 Å². The Hall–Kier alpha value is -3.93. The van der Waals surface area contributed by atoms with Gasteiger partial charge in [-0.25, -0.2) is 14.4 Å². The van der Waals surface area contributed by atoms with Crippen LogP contribution in [-0.2, 0) is 0 Å². The molecule has 0 fully saturated rings. The van der Waals surface area contributed by atoms with E-state index in [1.54, 1.807) is 50.2 Å². The molecule has 0 saturated heterocycles. The van der Waals surface area contributed by atoms with Gasteiger partial charge in [0.05, 0.1) is 16.7 Å². The normalized spacial score (nSPS) is 9.53. The first-order valence-electron chi connectivity index (χ1n) is 9.85. The van der Waals surface area contributed by atoms with Crippen molar-refractivity contribution < 1.29 is 29.7 Å².